The van der Waals surface area contributed by atoms with Crippen molar-refractivity contribution in [2.24, 2.45) is 0 Å². The normalized spacial score (nSPS) is 20.4. The van der Waals surface area contributed by atoms with Gasteiger partial charge >= 0.3 is 6.36 Å². The Morgan fingerprint density at radius 1 is 1.03 bits per heavy atom. The number of nitrogens with one attached hydrogen (secondary N) is 1. The van der Waals surface area contributed by atoms with Gasteiger partial charge in [0, 0.05) is 6.04 Å². The average Bonchev–Trinajstić information content (AvgIpc) is 2.63. The lowest BCUT2D eigenvalue weighted by Crippen LogP contribution is -2.38. The molecule has 0 amide bonds. The van der Waals surface area contributed by atoms with Gasteiger partial charge in [0.25, 0.3) is 0 Å². The Morgan fingerprint density at radius 2 is 1.66 bits per heavy atom. The smallest absolute Gasteiger partial charge is 0.406 e. The summed E-state index contributed by atoms with van der Waals surface area (Å²) in [6, 6.07) is 9.85. The molecule has 2 aromatic rings. The molecule has 0 radical (unpaired) electrons. The van der Waals surface area contributed by atoms with Gasteiger partial charge in [-0.25, -0.2) is 13.1 Å². The maximum absolute atomic E-state index is 12.7. The molecule has 158 valence electrons. The summed E-state index contributed by atoms with van der Waals surface area (Å²) < 4.78 is 68.7. The van der Waals surface area contributed by atoms with E-state index >= 15 is 0 Å². The number of rotatable bonds is 5. The monoisotopic (exact) mass is 429 g/mol. The van der Waals surface area contributed by atoms with E-state index in [1.54, 1.807) is 13.0 Å². The first-order valence-electron chi connectivity index (χ1n) is 9.21. The lowest BCUT2D eigenvalue weighted by Gasteiger charge is -2.26. The molecule has 1 aliphatic rings. The lowest BCUT2D eigenvalue weighted by molar-refractivity contribution is -0.274. The molecule has 2 N–H and O–H groups in total. The van der Waals surface area contributed by atoms with E-state index in [2.05, 4.69) is 9.46 Å². The largest absolute Gasteiger partial charge is 0.573 e. The minimum atomic E-state index is -4.75. The number of benzene rings is 2. The van der Waals surface area contributed by atoms with Gasteiger partial charge in [-0.15, -0.1) is 13.2 Å². The SMILES string of the molecule is Cc1cc(S(=O)(=O)NC2CCC(O)CC2)ccc1-c1ccc(OC(F)(F)F)cc1. The molecule has 1 fully saturated rings. The maximum Gasteiger partial charge on any atom is 0.573 e. The van der Waals surface area contributed by atoms with Crippen LogP contribution >= 0.6 is 0 Å². The van der Waals surface area contributed by atoms with Crippen LogP contribution in [0, 0.1) is 6.92 Å². The second-order valence-corrected chi connectivity index (χ2v) is 8.89. The Bertz CT molecular complexity index is 951. The molecule has 5 nitrogen and oxygen atoms in total. The minimum Gasteiger partial charge on any atom is -0.406 e. The highest BCUT2D eigenvalue weighted by Crippen LogP contribution is 2.30. The summed E-state index contributed by atoms with van der Waals surface area (Å²) in [5.74, 6) is -0.320. The number of halogens is 3. The highest BCUT2D eigenvalue weighted by Gasteiger charge is 2.31. The van der Waals surface area contributed by atoms with Crippen molar-refractivity contribution in [2.75, 3.05) is 0 Å². The molecule has 0 aliphatic heterocycles. The molecule has 0 bridgehead atoms. The van der Waals surface area contributed by atoms with Gasteiger partial charge in [-0.05, 0) is 73.6 Å². The van der Waals surface area contributed by atoms with Crippen LogP contribution in [0.3, 0.4) is 0 Å². The molecule has 0 spiro atoms. The first kappa shape index (κ1) is 21.6. The molecule has 0 atom stereocenters. The van der Waals surface area contributed by atoms with E-state index in [1.807, 2.05) is 0 Å². The highest BCUT2D eigenvalue weighted by molar-refractivity contribution is 7.89. The number of aryl methyl sites for hydroxylation is 1. The third-order valence-corrected chi connectivity index (χ3v) is 6.44. The second-order valence-electron chi connectivity index (χ2n) is 7.18. The Hall–Kier alpha value is -2.10. The van der Waals surface area contributed by atoms with Crippen LogP contribution in [0.5, 0.6) is 5.75 Å². The first-order valence-corrected chi connectivity index (χ1v) is 10.7. The summed E-state index contributed by atoms with van der Waals surface area (Å²) in [5, 5.41) is 9.55. The number of aliphatic hydroxyl groups is 1. The number of hydrogen-bond acceptors (Lipinski definition) is 4. The molecule has 2 aromatic carbocycles. The van der Waals surface area contributed by atoms with Gasteiger partial charge in [0.2, 0.25) is 10.0 Å². The summed E-state index contributed by atoms with van der Waals surface area (Å²) >= 11 is 0. The number of alkyl halides is 3. The van der Waals surface area contributed by atoms with Gasteiger partial charge < -0.3 is 9.84 Å². The quantitative estimate of drug-likeness (QED) is 0.749. The van der Waals surface area contributed by atoms with Crippen LogP contribution in [-0.2, 0) is 10.0 Å². The van der Waals surface area contributed by atoms with Gasteiger partial charge in [-0.3, -0.25) is 0 Å². The fraction of sp³-hybridized carbons (Fsp3) is 0.400. The summed E-state index contributed by atoms with van der Waals surface area (Å²) in [6.07, 6.45) is -2.81. The zero-order valence-electron chi connectivity index (χ0n) is 15.7. The van der Waals surface area contributed by atoms with E-state index in [1.165, 1.54) is 36.4 Å². The van der Waals surface area contributed by atoms with Crippen molar-refractivity contribution in [1.29, 1.82) is 0 Å². The molecule has 0 aromatic heterocycles. The molecular formula is C20H22F3NO4S. The van der Waals surface area contributed by atoms with Crippen LogP contribution in [0.1, 0.15) is 31.2 Å². The van der Waals surface area contributed by atoms with Crippen molar-refractivity contribution >= 4 is 10.0 Å². The van der Waals surface area contributed by atoms with Crippen LogP contribution < -0.4 is 9.46 Å². The minimum absolute atomic E-state index is 0.127. The van der Waals surface area contributed by atoms with E-state index in [-0.39, 0.29) is 22.8 Å². The summed E-state index contributed by atoms with van der Waals surface area (Å²) in [6.45, 7) is 1.74. The molecule has 3 rings (SSSR count). The predicted molar refractivity (Wildman–Crippen MR) is 102 cm³/mol. The van der Waals surface area contributed by atoms with Crippen molar-refractivity contribution in [3.8, 4) is 16.9 Å². The molecule has 0 heterocycles. The van der Waals surface area contributed by atoms with Crippen molar-refractivity contribution < 1.29 is 31.4 Å². The third kappa shape index (κ3) is 5.71. The molecule has 1 saturated carbocycles. The topological polar surface area (TPSA) is 75.6 Å². The van der Waals surface area contributed by atoms with Gasteiger partial charge in [0.15, 0.2) is 0 Å². The van der Waals surface area contributed by atoms with E-state index < -0.39 is 16.4 Å². The van der Waals surface area contributed by atoms with Crippen molar-refractivity contribution in [3.05, 3.63) is 48.0 Å². The number of hydrogen-bond donors (Lipinski definition) is 2. The van der Waals surface area contributed by atoms with Gasteiger partial charge in [-0.1, -0.05) is 18.2 Å². The summed E-state index contributed by atoms with van der Waals surface area (Å²) in [4.78, 5) is 0.127. The van der Waals surface area contributed by atoms with Crippen LogP contribution in [0.15, 0.2) is 47.4 Å². The van der Waals surface area contributed by atoms with Crippen LogP contribution in [0.25, 0.3) is 11.1 Å². The van der Waals surface area contributed by atoms with Crippen LogP contribution in [-0.4, -0.2) is 32.0 Å². The Kier molecular flexibility index (Phi) is 6.21. The molecular weight excluding hydrogens is 407 g/mol. The number of sulfonamides is 1. The second kappa shape index (κ2) is 8.33. The maximum atomic E-state index is 12.7. The fourth-order valence-corrected chi connectivity index (χ4v) is 4.83. The summed E-state index contributed by atoms with van der Waals surface area (Å²) in [7, 11) is -3.70. The number of ether oxygens (including phenoxy) is 1. The summed E-state index contributed by atoms with van der Waals surface area (Å²) in [5.41, 5.74) is 2.04. The van der Waals surface area contributed by atoms with Crippen LogP contribution in [0.4, 0.5) is 13.2 Å². The fourth-order valence-electron chi connectivity index (χ4n) is 3.44. The molecule has 9 heteroatoms. The van der Waals surface area contributed by atoms with E-state index in [9.17, 15) is 26.7 Å². The Balaban J connectivity index is 1.76. The highest BCUT2D eigenvalue weighted by atomic mass is 32.2. The zero-order chi connectivity index (χ0) is 21.2. The first-order chi connectivity index (χ1) is 13.5. The molecule has 1 aliphatic carbocycles. The van der Waals surface area contributed by atoms with E-state index in [0.29, 0.717) is 42.4 Å². The third-order valence-electron chi connectivity index (χ3n) is 4.93. The Labute approximate surface area is 167 Å². The van der Waals surface area contributed by atoms with Gasteiger partial charge in [0.1, 0.15) is 5.75 Å². The molecule has 0 saturated heterocycles. The van der Waals surface area contributed by atoms with Gasteiger partial charge in [-0.2, -0.15) is 0 Å². The standard InChI is InChI=1S/C20H22F3NO4S/c1-13-12-18(29(26,27)24-15-4-6-16(25)7-5-15)10-11-19(13)14-2-8-17(9-3-14)28-20(21,22)23/h2-3,8-12,15-16,24-25H,4-7H2,1H3. The number of aliphatic hydroxyl groups excluding tert-OH is 1. The van der Waals surface area contributed by atoms with Crippen molar-refractivity contribution in [3.63, 3.8) is 0 Å². The Morgan fingerprint density at radius 3 is 2.21 bits per heavy atom. The van der Waals surface area contributed by atoms with E-state index in [4.69, 9.17) is 0 Å². The lowest BCUT2D eigenvalue weighted by atomic mass is 9.94. The van der Waals surface area contributed by atoms with Crippen molar-refractivity contribution in [2.45, 2.75) is 56.0 Å². The van der Waals surface area contributed by atoms with Gasteiger partial charge in [0.05, 0.1) is 11.0 Å². The average molecular weight is 429 g/mol. The predicted octanol–water partition coefficient (Wildman–Crippen LogP) is 4.14. The molecule has 29 heavy (non-hydrogen) atoms. The zero-order valence-corrected chi connectivity index (χ0v) is 16.6. The van der Waals surface area contributed by atoms with E-state index in [0.717, 1.165) is 0 Å². The molecule has 0 unspecified atom stereocenters. The van der Waals surface area contributed by atoms with Crippen molar-refractivity contribution in [1.82, 2.24) is 4.72 Å². The van der Waals surface area contributed by atoms with Crippen LogP contribution in [0.2, 0.25) is 0 Å².